The van der Waals surface area contributed by atoms with E-state index in [1.165, 1.54) is 13.2 Å². The number of benzene rings is 2. The van der Waals surface area contributed by atoms with E-state index in [9.17, 15) is 9.59 Å². The van der Waals surface area contributed by atoms with Gasteiger partial charge in [0.05, 0.1) is 7.11 Å². The summed E-state index contributed by atoms with van der Waals surface area (Å²) in [5.74, 6) is -0.619. The highest BCUT2D eigenvalue weighted by atomic mass is 16.5. The van der Waals surface area contributed by atoms with E-state index in [-0.39, 0.29) is 5.91 Å². The van der Waals surface area contributed by atoms with E-state index in [0.29, 0.717) is 11.4 Å². The number of ether oxygens (including phenoxy) is 1. The van der Waals surface area contributed by atoms with Gasteiger partial charge in [0.1, 0.15) is 5.69 Å². The van der Waals surface area contributed by atoms with Crippen LogP contribution in [-0.2, 0) is 9.53 Å². The number of fused-ring (bicyclic) bond motifs is 2. The highest BCUT2D eigenvalue weighted by molar-refractivity contribution is 6.06. The molecule has 0 aliphatic rings. The number of carbonyl (C=O) groups is 2. The number of amides is 1. The fraction of sp³-hybridized carbons (Fsp3) is 0.0476. The molecule has 0 spiro atoms. The van der Waals surface area contributed by atoms with E-state index < -0.39 is 5.97 Å². The molecule has 2 aromatic heterocycles. The van der Waals surface area contributed by atoms with Crippen molar-refractivity contribution in [2.75, 3.05) is 12.4 Å². The van der Waals surface area contributed by atoms with Crippen LogP contribution in [0, 0.1) is 0 Å². The highest BCUT2D eigenvalue weighted by Crippen LogP contribution is 2.22. The first-order valence-corrected chi connectivity index (χ1v) is 8.40. The molecule has 2 aromatic carbocycles. The van der Waals surface area contributed by atoms with Gasteiger partial charge in [-0.15, -0.1) is 0 Å². The van der Waals surface area contributed by atoms with E-state index in [1.807, 2.05) is 54.6 Å². The second-order valence-electron chi connectivity index (χ2n) is 6.11. The van der Waals surface area contributed by atoms with Gasteiger partial charge in [-0.1, -0.05) is 18.2 Å². The van der Waals surface area contributed by atoms with Gasteiger partial charge in [-0.2, -0.15) is 0 Å². The number of anilines is 1. The zero-order valence-electron chi connectivity index (χ0n) is 14.6. The third-order valence-electron chi connectivity index (χ3n) is 4.27. The van der Waals surface area contributed by atoms with E-state index >= 15 is 0 Å². The Bertz CT molecular complexity index is 1150. The lowest BCUT2D eigenvalue weighted by molar-refractivity contribution is -0.134. The van der Waals surface area contributed by atoms with Gasteiger partial charge in [0.25, 0.3) is 5.91 Å². The average Bonchev–Trinajstić information content (AvgIpc) is 3.29. The van der Waals surface area contributed by atoms with E-state index in [1.54, 1.807) is 6.08 Å². The topological polar surface area (TPSA) is 87.0 Å². The zero-order chi connectivity index (χ0) is 18.8. The minimum absolute atomic E-state index is 0.202. The van der Waals surface area contributed by atoms with Crippen molar-refractivity contribution in [1.29, 1.82) is 0 Å². The number of aromatic amines is 2. The molecule has 0 fully saturated rings. The highest BCUT2D eigenvalue weighted by Gasteiger charge is 2.10. The minimum atomic E-state index is -0.417. The van der Waals surface area contributed by atoms with Crippen LogP contribution >= 0.6 is 0 Å². The second-order valence-corrected chi connectivity index (χ2v) is 6.11. The number of nitrogens with one attached hydrogen (secondary N) is 3. The van der Waals surface area contributed by atoms with Crippen molar-refractivity contribution >= 4 is 45.4 Å². The molecule has 0 saturated carbocycles. The molecule has 0 aliphatic carbocycles. The third kappa shape index (κ3) is 3.46. The number of H-pyrrole nitrogens is 2. The van der Waals surface area contributed by atoms with Gasteiger partial charge in [-0.25, -0.2) is 4.79 Å². The van der Waals surface area contributed by atoms with Crippen LogP contribution in [0.4, 0.5) is 5.69 Å². The van der Waals surface area contributed by atoms with E-state index in [0.717, 1.165) is 27.5 Å². The summed E-state index contributed by atoms with van der Waals surface area (Å²) in [4.78, 5) is 30.0. The molecule has 134 valence electrons. The largest absolute Gasteiger partial charge is 0.466 e. The number of methoxy groups -OCH3 is 1. The number of esters is 1. The van der Waals surface area contributed by atoms with Crippen molar-refractivity contribution in [3.63, 3.8) is 0 Å². The molecule has 3 N–H and O–H groups in total. The van der Waals surface area contributed by atoms with Crippen LogP contribution in [0.3, 0.4) is 0 Å². The molecular weight excluding hydrogens is 342 g/mol. The number of carbonyl (C=O) groups excluding carboxylic acids is 2. The standard InChI is InChI=1S/C21H17N3O3/c1-27-20(25)9-7-15-10-14-11-16(6-8-18(14)22-15)23-21(26)19-12-13-4-2-3-5-17(13)24-19/h2-12,22,24H,1H3,(H,23,26)/b9-7+. The lowest BCUT2D eigenvalue weighted by Gasteiger charge is -2.03. The molecule has 0 aliphatic heterocycles. The normalized spacial score (nSPS) is 11.3. The van der Waals surface area contributed by atoms with Crippen LogP contribution in [0.5, 0.6) is 0 Å². The first-order valence-electron chi connectivity index (χ1n) is 8.40. The van der Waals surface area contributed by atoms with Gasteiger partial charge in [0, 0.05) is 39.3 Å². The summed E-state index contributed by atoms with van der Waals surface area (Å²) in [6.45, 7) is 0. The van der Waals surface area contributed by atoms with Gasteiger partial charge in [-0.3, -0.25) is 4.79 Å². The Labute approximate surface area is 154 Å². The molecular formula is C21H17N3O3. The fourth-order valence-corrected chi connectivity index (χ4v) is 2.94. The van der Waals surface area contributed by atoms with Gasteiger partial charge in [0.15, 0.2) is 0 Å². The average molecular weight is 359 g/mol. The van der Waals surface area contributed by atoms with Crippen molar-refractivity contribution in [3.05, 3.63) is 72.1 Å². The van der Waals surface area contributed by atoms with E-state index in [4.69, 9.17) is 0 Å². The predicted octanol–water partition coefficient (Wildman–Crippen LogP) is 4.09. The number of aromatic nitrogens is 2. The molecule has 0 radical (unpaired) electrons. The van der Waals surface area contributed by atoms with Crippen molar-refractivity contribution in [2.45, 2.75) is 0 Å². The SMILES string of the molecule is COC(=O)/C=C/c1cc2cc(NC(=O)c3cc4ccccc4[nH]3)ccc2[nH]1. The summed E-state index contributed by atoms with van der Waals surface area (Å²) < 4.78 is 4.58. The fourth-order valence-electron chi connectivity index (χ4n) is 2.94. The Hall–Kier alpha value is -3.80. The third-order valence-corrected chi connectivity index (χ3v) is 4.27. The second kappa shape index (κ2) is 6.84. The molecule has 0 saturated heterocycles. The Balaban J connectivity index is 1.55. The molecule has 4 rings (SSSR count). The lowest BCUT2D eigenvalue weighted by atomic mass is 10.2. The summed E-state index contributed by atoms with van der Waals surface area (Å²) in [6.07, 6.45) is 3.00. The van der Waals surface area contributed by atoms with Crippen LogP contribution in [0.25, 0.3) is 27.9 Å². The van der Waals surface area contributed by atoms with Gasteiger partial charge < -0.3 is 20.0 Å². The quantitative estimate of drug-likeness (QED) is 0.379. The smallest absolute Gasteiger partial charge is 0.330 e. The first-order chi connectivity index (χ1) is 13.1. The van der Waals surface area contributed by atoms with Gasteiger partial charge in [0.2, 0.25) is 0 Å². The molecule has 0 bridgehead atoms. The maximum atomic E-state index is 12.5. The Morgan fingerprint density at radius 1 is 0.963 bits per heavy atom. The van der Waals surface area contributed by atoms with Crippen molar-refractivity contribution < 1.29 is 14.3 Å². The lowest BCUT2D eigenvalue weighted by Crippen LogP contribution is -2.11. The molecule has 0 atom stereocenters. The Morgan fingerprint density at radius 2 is 1.78 bits per heavy atom. The predicted molar refractivity (Wildman–Crippen MR) is 106 cm³/mol. The van der Waals surface area contributed by atoms with Crippen molar-refractivity contribution in [1.82, 2.24) is 9.97 Å². The van der Waals surface area contributed by atoms with E-state index in [2.05, 4.69) is 20.0 Å². The van der Waals surface area contributed by atoms with Crippen molar-refractivity contribution in [3.8, 4) is 0 Å². The minimum Gasteiger partial charge on any atom is -0.466 e. The zero-order valence-corrected chi connectivity index (χ0v) is 14.6. The monoisotopic (exact) mass is 359 g/mol. The first kappa shape index (κ1) is 16.7. The van der Waals surface area contributed by atoms with Gasteiger partial charge in [-0.05, 0) is 42.5 Å². The molecule has 6 heteroatoms. The van der Waals surface area contributed by atoms with Crippen LogP contribution in [0.1, 0.15) is 16.2 Å². The molecule has 4 aromatic rings. The number of rotatable bonds is 4. The number of hydrogen-bond acceptors (Lipinski definition) is 3. The Morgan fingerprint density at radius 3 is 2.59 bits per heavy atom. The summed E-state index contributed by atoms with van der Waals surface area (Å²) in [6, 6.07) is 17.1. The maximum absolute atomic E-state index is 12.5. The summed E-state index contributed by atoms with van der Waals surface area (Å²) >= 11 is 0. The summed E-state index contributed by atoms with van der Waals surface area (Å²) in [5, 5.41) is 4.82. The molecule has 2 heterocycles. The number of para-hydroxylation sites is 1. The van der Waals surface area contributed by atoms with Crippen LogP contribution in [0.15, 0.2) is 60.7 Å². The summed E-state index contributed by atoms with van der Waals surface area (Å²) in [5.41, 5.74) is 3.80. The molecule has 6 nitrogen and oxygen atoms in total. The van der Waals surface area contributed by atoms with Gasteiger partial charge >= 0.3 is 5.97 Å². The van der Waals surface area contributed by atoms with Crippen molar-refractivity contribution in [2.24, 2.45) is 0 Å². The molecule has 0 unspecified atom stereocenters. The Kier molecular flexibility index (Phi) is 4.22. The van der Waals surface area contributed by atoms with Crippen LogP contribution < -0.4 is 5.32 Å². The molecule has 27 heavy (non-hydrogen) atoms. The van der Waals surface area contributed by atoms with Crippen LogP contribution in [-0.4, -0.2) is 29.0 Å². The summed E-state index contributed by atoms with van der Waals surface area (Å²) in [7, 11) is 1.33. The molecule has 1 amide bonds. The van der Waals surface area contributed by atoms with Crippen LogP contribution in [0.2, 0.25) is 0 Å². The maximum Gasteiger partial charge on any atom is 0.330 e. The number of hydrogen-bond donors (Lipinski definition) is 3.